The van der Waals surface area contributed by atoms with Gasteiger partial charge in [-0.15, -0.1) is 0 Å². The lowest BCUT2D eigenvalue weighted by molar-refractivity contribution is 0.590. The maximum Gasteiger partial charge on any atom is 0.164 e. The average Bonchev–Trinajstić information content (AvgIpc) is 3.29. The third kappa shape index (κ3) is 7.68. The summed E-state index contributed by atoms with van der Waals surface area (Å²) in [5, 5.41) is 0. The number of rotatable bonds is 8. The van der Waals surface area contributed by atoms with Gasteiger partial charge in [-0.05, 0) is 33.2 Å². The summed E-state index contributed by atoms with van der Waals surface area (Å²) in [6.45, 7) is 6.75. The fourth-order valence-electron chi connectivity index (χ4n) is 6.97. The van der Waals surface area contributed by atoms with Crippen molar-refractivity contribution in [2.75, 3.05) is 0 Å². The quantitative estimate of drug-likeness (QED) is 0.154. The van der Waals surface area contributed by atoms with Gasteiger partial charge in [0.1, 0.15) is 0 Å². The van der Waals surface area contributed by atoms with Gasteiger partial charge < -0.3 is 0 Å². The lowest BCUT2D eigenvalue weighted by Crippen LogP contribution is -2.11. The maximum atomic E-state index is 4.96. The summed E-state index contributed by atoms with van der Waals surface area (Å²) in [6, 6.07) is 64.2. The van der Waals surface area contributed by atoms with Gasteiger partial charge in [-0.2, -0.15) is 0 Å². The van der Waals surface area contributed by atoms with Crippen molar-refractivity contribution in [3.8, 4) is 90.6 Å². The summed E-state index contributed by atoms with van der Waals surface area (Å²) in [7, 11) is 0. The Morgan fingerprint density at radius 2 is 0.517 bits per heavy atom. The Balaban J connectivity index is 1.09. The minimum Gasteiger partial charge on any atom is -0.208 e. The average molecular weight is 749 g/mol. The Hall–Kier alpha value is -7.44. The molecule has 0 amide bonds. The third-order valence-electron chi connectivity index (χ3n) is 10.2. The molecule has 0 aliphatic rings. The van der Waals surface area contributed by atoms with E-state index in [1.807, 2.05) is 121 Å². The van der Waals surface area contributed by atoms with Crippen LogP contribution >= 0.6 is 0 Å². The van der Waals surface area contributed by atoms with Gasteiger partial charge in [0.05, 0.1) is 0 Å². The first kappa shape index (κ1) is 36.2. The smallest absolute Gasteiger partial charge is 0.164 e. The summed E-state index contributed by atoms with van der Waals surface area (Å²) >= 11 is 0. The molecule has 6 heteroatoms. The van der Waals surface area contributed by atoms with Crippen LogP contribution in [-0.4, -0.2) is 29.9 Å². The second-order valence-corrected chi connectivity index (χ2v) is 15.2. The van der Waals surface area contributed by atoms with Crippen LogP contribution in [0.1, 0.15) is 26.3 Å². The molecule has 9 aromatic rings. The van der Waals surface area contributed by atoms with Crippen LogP contribution in [0.15, 0.2) is 188 Å². The van der Waals surface area contributed by atoms with Gasteiger partial charge in [0.2, 0.25) is 0 Å². The number of hydrogen-bond donors (Lipinski definition) is 0. The number of hydrogen-bond acceptors (Lipinski definition) is 6. The Morgan fingerprint density at radius 3 is 0.810 bits per heavy atom. The topological polar surface area (TPSA) is 77.3 Å². The molecule has 0 fully saturated rings. The maximum absolute atomic E-state index is 4.96. The Bertz CT molecular complexity index is 2700. The van der Waals surface area contributed by atoms with Crippen LogP contribution in [0.2, 0.25) is 0 Å². The van der Waals surface area contributed by atoms with Crippen molar-refractivity contribution in [1.29, 1.82) is 0 Å². The van der Waals surface area contributed by atoms with Crippen LogP contribution < -0.4 is 0 Å². The second-order valence-electron chi connectivity index (χ2n) is 15.2. The monoisotopic (exact) mass is 748 g/mol. The van der Waals surface area contributed by atoms with Crippen molar-refractivity contribution in [2.24, 2.45) is 0 Å². The highest BCUT2D eigenvalue weighted by atomic mass is 15.0. The molecule has 0 spiro atoms. The molecule has 6 nitrogen and oxygen atoms in total. The minimum atomic E-state index is -0.0325. The third-order valence-corrected chi connectivity index (χ3v) is 10.2. The lowest BCUT2D eigenvalue weighted by atomic mass is 9.83. The van der Waals surface area contributed by atoms with Gasteiger partial charge in [-0.3, -0.25) is 0 Å². The van der Waals surface area contributed by atoms with Gasteiger partial charge in [-0.1, -0.05) is 209 Å². The van der Waals surface area contributed by atoms with Crippen LogP contribution in [0.3, 0.4) is 0 Å². The van der Waals surface area contributed by atoms with Gasteiger partial charge in [0.15, 0.2) is 34.9 Å². The molecule has 7 aromatic carbocycles. The molecule has 0 unspecified atom stereocenters. The van der Waals surface area contributed by atoms with E-state index >= 15 is 0 Å². The number of nitrogens with zero attached hydrogens (tertiary/aromatic N) is 6. The van der Waals surface area contributed by atoms with Crippen LogP contribution in [0.4, 0.5) is 0 Å². The minimum absolute atomic E-state index is 0.0325. The molecular weight excluding hydrogens is 709 g/mol. The van der Waals surface area contributed by atoms with Crippen LogP contribution in [-0.2, 0) is 5.41 Å². The molecule has 9 rings (SSSR count). The van der Waals surface area contributed by atoms with Gasteiger partial charge in [0.25, 0.3) is 0 Å². The van der Waals surface area contributed by atoms with Crippen molar-refractivity contribution in [1.82, 2.24) is 29.9 Å². The summed E-state index contributed by atoms with van der Waals surface area (Å²) in [5.41, 5.74) is 11.3. The largest absolute Gasteiger partial charge is 0.208 e. The Kier molecular flexibility index (Phi) is 9.74. The summed E-state index contributed by atoms with van der Waals surface area (Å²) in [6.07, 6.45) is 0. The van der Waals surface area contributed by atoms with E-state index in [4.69, 9.17) is 29.9 Å². The lowest BCUT2D eigenvalue weighted by Gasteiger charge is -2.22. The molecule has 0 N–H and O–H groups in total. The molecule has 0 saturated carbocycles. The Labute approximate surface area is 339 Å². The molecule has 278 valence electrons. The number of aromatic nitrogens is 6. The van der Waals surface area contributed by atoms with Gasteiger partial charge >= 0.3 is 0 Å². The normalized spacial score (nSPS) is 11.4. The fraction of sp³-hybridized carbons (Fsp3) is 0.0769. The molecule has 0 saturated heterocycles. The predicted molar refractivity (Wildman–Crippen MR) is 235 cm³/mol. The van der Waals surface area contributed by atoms with Crippen molar-refractivity contribution in [3.63, 3.8) is 0 Å². The second kappa shape index (κ2) is 15.6. The zero-order valence-electron chi connectivity index (χ0n) is 32.6. The molecule has 2 heterocycles. The van der Waals surface area contributed by atoms with Crippen LogP contribution in [0, 0.1) is 0 Å². The Morgan fingerprint density at radius 1 is 0.259 bits per heavy atom. The molecule has 0 radical (unpaired) electrons. The predicted octanol–water partition coefficient (Wildman–Crippen LogP) is 12.7. The van der Waals surface area contributed by atoms with Crippen LogP contribution in [0.25, 0.3) is 90.6 Å². The molecule has 2 aromatic heterocycles. The molecule has 0 atom stereocenters. The molecule has 0 bridgehead atoms. The van der Waals surface area contributed by atoms with E-state index in [0.29, 0.717) is 34.9 Å². The van der Waals surface area contributed by atoms with E-state index in [1.165, 1.54) is 5.56 Å². The van der Waals surface area contributed by atoms with E-state index in [1.54, 1.807) is 0 Å². The summed E-state index contributed by atoms with van der Waals surface area (Å²) in [4.78, 5) is 29.5. The fourth-order valence-corrected chi connectivity index (χ4v) is 6.97. The van der Waals surface area contributed by atoms with E-state index in [2.05, 4.69) is 87.5 Å². The molecular formula is C52H40N6. The standard InChI is InChI=1S/C52H40N6/c1-52(2,3)43-32-33-44(35-24-28-41(29-25-35)50-55-46(37-16-8-4-9-17-37)53-47(56-50)38-18-10-5-11-19-38)45(34-43)36-26-30-42(31-27-36)51-57-48(39-20-12-6-13-21-39)54-49(58-51)40-22-14-7-15-23-40/h4-34H,1-3H3. The first-order chi connectivity index (χ1) is 28.4. The highest BCUT2D eigenvalue weighted by Gasteiger charge is 2.19. The van der Waals surface area contributed by atoms with E-state index in [0.717, 1.165) is 55.6 Å². The van der Waals surface area contributed by atoms with Crippen molar-refractivity contribution >= 4 is 0 Å². The van der Waals surface area contributed by atoms with Gasteiger partial charge in [-0.25, -0.2) is 29.9 Å². The first-order valence-corrected chi connectivity index (χ1v) is 19.5. The number of benzene rings is 7. The molecule has 0 aliphatic heterocycles. The van der Waals surface area contributed by atoms with E-state index in [9.17, 15) is 0 Å². The SMILES string of the molecule is CC(C)(C)c1ccc(-c2ccc(-c3nc(-c4ccccc4)nc(-c4ccccc4)n3)cc2)c(-c2ccc(-c3nc(-c4ccccc4)nc(-c4ccccc4)n3)cc2)c1. The zero-order valence-corrected chi connectivity index (χ0v) is 32.6. The zero-order chi connectivity index (χ0) is 39.5. The summed E-state index contributed by atoms with van der Waals surface area (Å²) < 4.78 is 0. The molecule has 0 aliphatic carbocycles. The van der Waals surface area contributed by atoms with E-state index in [-0.39, 0.29) is 5.41 Å². The first-order valence-electron chi connectivity index (χ1n) is 19.5. The van der Waals surface area contributed by atoms with E-state index < -0.39 is 0 Å². The summed E-state index contributed by atoms with van der Waals surface area (Å²) in [5.74, 6) is 3.82. The van der Waals surface area contributed by atoms with Crippen molar-refractivity contribution < 1.29 is 0 Å². The highest BCUT2D eigenvalue weighted by Crippen LogP contribution is 2.38. The van der Waals surface area contributed by atoms with Crippen molar-refractivity contribution in [2.45, 2.75) is 26.2 Å². The van der Waals surface area contributed by atoms with Crippen LogP contribution in [0.5, 0.6) is 0 Å². The molecule has 58 heavy (non-hydrogen) atoms. The van der Waals surface area contributed by atoms with Gasteiger partial charge in [0, 0.05) is 33.4 Å². The van der Waals surface area contributed by atoms with Crippen molar-refractivity contribution in [3.05, 3.63) is 194 Å². The highest BCUT2D eigenvalue weighted by molar-refractivity contribution is 5.85.